The van der Waals surface area contributed by atoms with Crippen molar-refractivity contribution in [2.45, 2.75) is 18.9 Å². The number of nitrogens with one attached hydrogen (secondary N) is 2. The normalized spacial score (nSPS) is 15.9. The van der Waals surface area contributed by atoms with E-state index in [2.05, 4.69) is 49.6 Å². The predicted molar refractivity (Wildman–Crippen MR) is 96.1 cm³/mol. The van der Waals surface area contributed by atoms with Crippen LogP contribution in [0.3, 0.4) is 0 Å². The maximum Gasteiger partial charge on any atom is 0.251 e. The lowest BCUT2D eigenvalue weighted by Crippen LogP contribution is -2.29. The summed E-state index contributed by atoms with van der Waals surface area (Å²) in [5.41, 5.74) is 1.65. The molecule has 4 nitrogen and oxygen atoms in total. The SMILES string of the molecule is O=C(N[C@H](c1cccs1)C1CC1)c1ccc2[nH]nc(I)c2c1. The Labute approximate surface area is 145 Å². The number of amides is 1. The molecule has 2 N–H and O–H groups in total. The van der Waals surface area contributed by atoms with Crippen molar-refractivity contribution >= 4 is 50.7 Å². The minimum atomic E-state index is -0.01000. The number of nitrogens with zero attached hydrogens (tertiary/aromatic N) is 1. The first kappa shape index (κ1) is 14.2. The molecule has 2 heterocycles. The Morgan fingerprint density at radius 1 is 1.41 bits per heavy atom. The second kappa shape index (κ2) is 5.66. The number of aromatic amines is 1. The van der Waals surface area contributed by atoms with Gasteiger partial charge in [-0.25, -0.2) is 0 Å². The molecule has 1 aromatic carbocycles. The number of hydrogen-bond donors (Lipinski definition) is 2. The van der Waals surface area contributed by atoms with Crippen molar-refractivity contribution in [1.82, 2.24) is 15.5 Å². The molecule has 0 aliphatic heterocycles. The molecular formula is C16H14IN3OS. The third-order valence-corrected chi connectivity index (χ3v) is 5.79. The van der Waals surface area contributed by atoms with E-state index in [4.69, 9.17) is 0 Å². The number of rotatable bonds is 4. The van der Waals surface area contributed by atoms with Crippen LogP contribution in [0.1, 0.15) is 34.1 Å². The van der Waals surface area contributed by atoms with Gasteiger partial charge in [-0.15, -0.1) is 11.3 Å². The molecule has 3 aromatic rings. The first-order valence-electron chi connectivity index (χ1n) is 7.20. The minimum Gasteiger partial charge on any atom is -0.344 e. The molecule has 0 saturated heterocycles. The molecule has 1 amide bonds. The number of hydrogen-bond acceptors (Lipinski definition) is 3. The summed E-state index contributed by atoms with van der Waals surface area (Å²) < 4.78 is 0.888. The summed E-state index contributed by atoms with van der Waals surface area (Å²) in [6.07, 6.45) is 2.39. The summed E-state index contributed by atoms with van der Waals surface area (Å²) in [6, 6.07) is 9.97. The van der Waals surface area contributed by atoms with E-state index >= 15 is 0 Å². The maximum absolute atomic E-state index is 12.6. The van der Waals surface area contributed by atoms with Crippen LogP contribution in [0.4, 0.5) is 0 Å². The van der Waals surface area contributed by atoms with Crippen molar-refractivity contribution in [3.05, 3.63) is 49.9 Å². The van der Waals surface area contributed by atoms with E-state index in [0.717, 1.165) is 14.6 Å². The smallest absolute Gasteiger partial charge is 0.251 e. The van der Waals surface area contributed by atoms with Crippen molar-refractivity contribution in [2.75, 3.05) is 0 Å². The van der Waals surface area contributed by atoms with E-state index in [9.17, 15) is 4.79 Å². The zero-order valence-corrected chi connectivity index (χ0v) is 14.6. The second-order valence-corrected chi connectivity index (χ2v) is 7.58. The highest BCUT2D eigenvalue weighted by Crippen LogP contribution is 2.42. The summed E-state index contributed by atoms with van der Waals surface area (Å²) in [6.45, 7) is 0. The van der Waals surface area contributed by atoms with Gasteiger partial charge in [0.2, 0.25) is 0 Å². The van der Waals surface area contributed by atoms with Gasteiger partial charge in [0.05, 0.1) is 11.6 Å². The number of thiophene rings is 1. The van der Waals surface area contributed by atoms with Gasteiger partial charge in [-0.2, -0.15) is 5.10 Å². The van der Waals surface area contributed by atoms with Gasteiger partial charge in [-0.1, -0.05) is 6.07 Å². The van der Waals surface area contributed by atoms with Gasteiger partial charge in [0.15, 0.2) is 0 Å². The summed E-state index contributed by atoms with van der Waals surface area (Å²) >= 11 is 3.89. The number of halogens is 1. The molecule has 1 fully saturated rings. The van der Waals surface area contributed by atoms with Crippen LogP contribution in [0, 0.1) is 9.62 Å². The van der Waals surface area contributed by atoms with Crippen LogP contribution in [0.2, 0.25) is 0 Å². The zero-order valence-electron chi connectivity index (χ0n) is 11.7. The fourth-order valence-corrected chi connectivity index (χ4v) is 4.10. The van der Waals surface area contributed by atoms with Crippen LogP contribution in [-0.2, 0) is 0 Å². The highest BCUT2D eigenvalue weighted by Gasteiger charge is 2.34. The largest absolute Gasteiger partial charge is 0.344 e. The van der Waals surface area contributed by atoms with Gasteiger partial charge in [0.25, 0.3) is 5.91 Å². The highest BCUT2D eigenvalue weighted by molar-refractivity contribution is 14.1. The topological polar surface area (TPSA) is 57.8 Å². The molecule has 22 heavy (non-hydrogen) atoms. The van der Waals surface area contributed by atoms with E-state index in [0.29, 0.717) is 11.5 Å². The molecule has 6 heteroatoms. The Bertz CT molecular complexity index is 823. The fraction of sp³-hybridized carbons (Fsp3) is 0.250. The number of H-pyrrole nitrogens is 1. The van der Waals surface area contributed by atoms with Gasteiger partial charge < -0.3 is 5.32 Å². The Hall–Kier alpha value is -1.41. The van der Waals surface area contributed by atoms with Crippen LogP contribution in [0.25, 0.3) is 10.9 Å². The number of carbonyl (C=O) groups is 1. The minimum absolute atomic E-state index is 0.01000. The van der Waals surface area contributed by atoms with Crippen molar-refractivity contribution in [3.63, 3.8) is 0 Å². The van der Waals surface area contributed by atoms with E-state index < -0.39 is 0 Å². The number of aromatic nitrogens is 2. The Morgan fingerprint density at radius 3 is 3.00 bits per heavy atom. The van der Waals surface area contributed by atoms with Gasteiger partial charge in [0.1, 0.15) is 3.70 Å². The number of fused-ring (bicyclic) bond motifs is 1. The van der Waals surface area contributed by atoms with Gasteiger partial charge in [-0.3, -0.25) is 9.89 Å². The van der Waals surface area contributed by atoms with Crippen molar-refractivity contribution < 1.29 is 4.79 Å². The highest BCUT2D eigenvalue weighted by atomic mass is 127. The summed E-state index contributed by atoms with van der Waals surface area (Å²) in [4.78, 5) is 13.9. The zero-order chi connectivity index (χ0) is 15.1. The molecule has 4 rings (SSSR count). The maximum atomic E-state index is 12.6. The molecule has 0 bridgehead atoms. The number of carbonyl (C=O) groups excluding carboxylic acids is 1. The van der Waals surface area contributed by atoms with Crippen LogP contribution >= 0.6 is 33.9 Å². The average Bonchev–Trinajstić information content (AvgIpc) is 3.09. The van der Waals surface area contributed by atoms with Gasteiger partial charge in [-0.05, 0) is 71.0 Å². The van der Waals surface area contributed by atoms with E-state index in [-0.39, 0.29) is 11.9 Å². The lowest BCUT2D eigenvalue weighted by Gasteiger charge is -2.17. The van der Waals surface area contributed by atoms with E-state index in [1.165, 1.54) is 17.7 Å². The third-order valence-electron chi connectivity index (χ3n) is 4.01. The molecule has 1 aliphatic rings. The molecule has 1 aliphatic carbocycles. The lowest BCUT2D eigenvalue weighted by atomic mass is 10.1. The predicted octanol–water partition coefficient (Wildman–Crippen LogP) is 4.11. The van der Waals surface area contributed by atoms with Gasteiger partial charge >= 0.3 is 0 Å². The van der Waals surface area contributed by atoms with Crippen molar-refractivity contribution in [2.24, 2.45) is 5.92 Å². The lowest BCUT2D eigenvalue weighted by molar-refractivity contribution is 0.0932. The van der Waals surface area contributed by atoms with E-state index in [1.54, 1.807) is 11.3 Å². The quantitative estimate of drug-likeness (QED) is 0.621. The fourth-order valence-electron chi connectivity index (χ4n) is 2.67. The molecule has 0 unspecified atom stereocenters. The van der Waals surface area contributed by atoms with E-state index in [1.807, 2.05) is 24.3 Å². The Kier molecular flexibility index (Phi) is 3.65. The second-order valence-electron chi connectivity index (χ2n) is 5.58. The Balaban J connectivity index is 1.60. The molecule has 1 saturated carbocycles. The van der Waals surface area contributed by atoms with Crippen LogP contribution in [-0.4, -0.2) is 16.1 Å². The van der Waals surface area contributed by atoms with Crippen molar-refractivity contribution in [1.29, 1.82) is 0 Å². The van der Waals surface area contributed by atoms with Crippen LogP contribution in [0.15, 0.2) is 35.7 Å². The average molecular weight is 423 g/mol. The van der Waals surface area contributed by atoms with Gasteiger partial charge in [0, 0.05) is 15.8 Å². The van der Waals surface area contributed by atoms with Crippen LogP contribution in [0.5, 0.6) is 0 Å². The standard InChI is InChI=1S/C16H14IN3OS/c17-15-11-8-10(5-6-12(11)19-20-15)16(21)18-14(9-3-4-9)13-2-1-7-22-13/h1-2,5-9,14H,3-4H2,(H,18,21)(H,19,20)/t14-/m0/s1. The molecule has 112 valence electrons. The third kappa shape index (κ3) is 2.65. The molecule has 2 aromatic heterocycles. The molecule has 1 atom stereocenters. The molecule has 0 spiro atoms. The van der Waals surface area contributed by atoms with Crippen LogP contribution < -0.4 is 5.32 Å². The monoisotopic (exact) mass is 423 g/mol. The van der Waals surface area contributed by atoms with Crippen molar-refractivity contribution in [3.8, 4) is 0 Å². The number of benzene rings is 1. The summed E-state index contributed by atoms with van der Waals surface area (Å²) in [5, 5.41) is 13.4. The first-order chi connectivity index (χ1) is 10.7. The molecule has 0 radical (unpaired) electrons. The molecular weight excluding hydrogens is 409 g/mol. The Morgan fingerprint density at radius 2 is 2.27 bits per heavy atom. The first-order valence-corrected chi connectivity index (χ1v) is 9.16. The summed E-state index contributed by atoms with van der Waals surface area (Å²) in [5.74, 6) is 0.574. The summed E-state index contributed by atoms with van der Waals surface area (Å²) in [7, 11) is 0.